The Kier molecular flexibility index (Phi) is 5.86. The van der Waals surface area contributed by atoms with Crippen LogP contribution in [-0.4, -0.2) is 30.8 Å². The molecule has 1 aliphatic rings. The molecule has 0 unspecified atom stereocenters. The van der Waals surface area contributed by atoms with Crippen LogP contribution in [0.1, 0.15) is 27.5 Å². The smallest absolute Gasteiger partial charge is 0.252 e. The Balaban J connectivity index is 1.61. The number of nitrogens with one attached hydrogen (secondary N) is 2. The molecule has 0 saturated carbocycles. The van der Waals surface area contributed by atoms with Gasteiger partial charge in [0.25, 0.3) is 5.91 Å². The normalized spacial score (nSPS) is 17.4. The number of amides is 1. The van der Waals surface area contributed by atoms with E-state index < -0.39 is 0 Å². The quantitative estimate of drug-likeness (QED) is 0.586. The first kappa shape index (κ1) is 19.8. The maximum atomic E-state index is 13.0. The number of rotatable bonds is 6. The molecule has 3 aromatic carbocycles. The van der Waals surface area contributed by atoms with E-state index in [2.05, 4.69) is 10.6 Å². The third-order valence-corrected chi connectivity index (χ3v) is 5.24. The first-order chi connectivity index (χ1) is 14.7. The molecule has 0 fully saturated rings. The third-order valence-electron chi connectivity index (χ3n) is 5.24. The lowest BCUT2D eigenvalue weighted by atomic mass is 9.95. The standard InChI is InChI=1S/C24H24N2O4/c1-29-18-12-10-17(11-13-18)25-23-20-8-4-5-9-22(20)30-15-21(23)26-24(28)19-7-3-2-6-16(19)14-27/h2-13,21,23,25,27H,14-15H2,1H3,(H,26,28)/t21-,23-/m1/s1. The summed E-state index contributed by atoms with van der Waals surface area (Å²) < 4.78 is 11.1. The third kappa shape index (κ3) is 4.09. The lowest BCUT2D eigenvalue weighted by molar-refractivity contribution is 0.0903. The zero-order valence-corrected chi connectivity index (χ0v) is 16.7. The van der Waals surface area contributed by atoms with Crippen molar-refractivity contribution in [3.63, 3.8) is 0 Å². The van der Waals surface area contributed by atoms with Crippen molar-refractivity contribution in [2.75, 3.05) is 19.0 Å². The number of anilines is 1. The SMILES string of the molecule is COc1ccc(N[C@@H]2c3ccccc3OC[C@H]2NC(=O)c2ccccc2CO)cc1. The van der Waals surface area contributed by atoms with Gasteiger partial charge in [-0.2, -0.15) is 0 Å². The van der Waals surface area contributed by atoms with E-state index >= 15 is 0 Å². The van der Waals surface area contributed by atoms with Gasteiger partial charge in [-0.25, -0.2) is 0 Å². The maximum absolute atomic E-state index is 13.0. The number of para-hydroxylation sites is 1. The van der Waals surface area contributed by atoms with Gasteiger partial charge in [-0.05, 0) is 42.0 Å². The number of fused-ring (bicyclic) bond motifs is 1. The number of methoxy groups -OCH3 is 1. The predicted molar refractivity (Wildman–Crippen MR) is 115 cm³/mol. The molecule has 2 atom stereocenters. The van der Waals surface area contributed by atoms with Crippen LogP contribution in [-0.2, 0) is 6.61 Å². The molecule has 1 heterocycles. The van der Waals surface area contributed by atoms with Gasteiger partial charge in [0.15, 0.2) is 0 Å². The van der Waals surface area contributed by atoms with Gasteiger partial charge < -0.3 is 25.2 Å². The molecule has 1 amide bonds. The number of carbonyl (C=O) groups excluding carboxylic acids is 1. The summed E-state index contributed by atoms with van der Waals surface area (Å²) in [5, 5.41) is 16.2. The van der Waals surface area contributed by atoms with Crippen molar-refractivity contribution in [1.82, 2.24) is 5.32 Å². The minimum absolute atomic E-state index is 0.186. The molecule has 0 aliphatic carbocycles. The molecular formula is C24H24N2O4. The summed E-state index contributed by atoms with van der Waals surface area (Å²) in [4.78, 5) is 13.0. The molecule has 30 heavy (non-hydrogen) atoms. The van der Waals surface area contributed by atoms with Gasteiger partial charge in [-0.1, -0.05) is 36.4 Å². The predicted octanol–water partition coefficient (Wildman–Crippen LogP) is 3.53. The molecule has 0 spiro atoms. The van der Waals surface area contributed by atoms with Crippen molar-refractivity contribution in [2.24, 2.45) is 0 Å². The summed E-state index contributed by atoms with van der Waals surface area (Å²) in [5.74, 6) is 1.33. The summed E-state index contributed by atoms with van der Waals surface area (Å²) >= 11 is 0. The van der Waals surface area contributed by atoms with E-state index in [4.69, 9.17) is 9.47 Å². The highest BCUT2D eigenvalue weighted by Gasteiger charge is 2.32. The summed E-state index contributed by atoms with van der Waals surface area (Å²) in [6, 6.07) is 22.0. The van der Waals surface area contributed by atoms with Crippen LogP contribution in [0.4, 0.5) is 5.69 Å². The van der Waals surface area contributed by atoms with Crippen LogP contribution in [0.2, 0.25) is 0 Å². The molecule has 0 bridgehead atoms. The van der Waals surface area contributed by atoms with E-state index in [9.17, 15) is 9.90 Å². The number of aliphatic hydroxyl groups is 1. The number of hydrogen-bond donors (Lipinski definition) is 3. The van der Waals surface area contributed by atoms with Crippen LogP contribution < -0.4 is 20.1 Å². The Hall–Kier alpha value is -3.51. The molecule has 0 saturated heterocycles. The number of benzene rings is 3. The fourth-order valence-electron chi connectivity index (χ4n) is 3.66. The molecule has 1 aliphatic heterocycles. The van der Waals surface area contributed by atoms with E-state index in [0.717, 1.165) is 22.7 Å². The highest BCUT2D eigenvalue weighted by Crippen LogP contribution is 2.35. The first-order valence-electron chi connectivity index (χ1n) is 9.81. The second-order valence-electron chi connectivity index (χ2n) is 7.09. The highest BCUT2D eigenvalue weighted by molar-refractivity contribution is 5.96. The van der Waals surface area contributed by atoms with Gasteiger partial charge in [0.2, 0.25) is 0 Å². The molecule has 0 radical (unpaired) electrons. The molecular weight excluding hydrogens is 380 g/mol. The van der Waals surface area contributed by atoms with Crippen molar-refractivity contribution >= 4 is 11.6 Å². The highest BCUT2D eigenvalue weighted by atomic mass is 16.5. The summed E-state index contributed by atoms with van der Waals surface area (Å²) in [6.07, 6.45) is 0. The van der Waals surface area contributed by atoms with Gasteiger partial charge in [-0.15, -0.1) is 0 Å². The van der Waals surface area contributed by atoms with Crippen LogP contribution in [0, 0.1) is 0 Å². The molecule has 0 aromatic heterocycles. The van der Waals surface area contributed by atoms with Gasteiger partial charge in [-0.3, -0.25) is 4.79 Å². The molecule has 6 nitrogen and oxygen atoms in total. The number of aliphatic hydroxyl groups excluding tert-OH is 1. The van der Waals surface area contributed by atoms with Gasteiger partial charge in [0.1, 0.15) is 18.1 Å². The van der Waals surface area contributed by atoms with Crippen LogP contribution in [0.5, 0.6) is 11.5 Å². The summed E-state index contributed by atoms with van der Waals surface area (Å²) in [6.45, 7) is 0.138. The van der Waals surface area contributed by atoms with E-state index in [1.807, 2.05) is 48.5 Å². The Bertz CT molecular complexity index is 1020. The lowest BCUT2D eigenvalue weighted by Crippen LogP contribution is -2.48. The lowest BCUT2D eigenvalue weighted by Gasteiger charge is -2.35. The largest absolute Gasteiger partial charge is 0.497 e. The molecule has 3 aromatic rings. The number of hydrogen-bond acceptors (Lipinski definition) is 5. The minimum atomic E-state index is -0.304. The second-order valence-corrected chi connectivity index (χ2v) is 7.09. The second kappa shape index (κ2) is 8.88. The van der Waals surface area contributed by atoms with Crippen molar-refractivity contribution in [3.05, 3.63) is 89.5 Å². The van der Waals surface area contributed by atoms with E-state index in [1.54, 1.807) is 31.4 Å². The van der Waals surface area contributed by atoms with Crippen molar-refractivity contribution in [2.45, 2.75) is 18.7 Å². The van der Waals surface area contributed by atoms with Crippen LogP contribution in [0.25, 0.3) is 0 Å². The van der Waals surface area contributed by atoms with Gasteiger partial charge >= 0.3 is 0 Å². The average Bonchev–Trinajstić information content (AvgIpc) is 2.81. The van der Waals surface area contributed by atoms with Gasteiger partial charge in [0, 0.05) is 16.8 Å². The van der Waals surface area contributed by atoms with Gasteiger partial charge in [0.05, 0.1) is 25.8 Å². The Morgan fingerprint density at radius 1 is 1.07 bits per heavy atom. The number of ether oxygens (including phenoxy) is 2. The van der Waals surface area contributed by atoms with Crippen LogP contribution in [0.3, 0.4) is 0 Å². The Morgan fingerprint density at radius 2 is 1.80 bits per heavy atom. The summed E-state index contributed by atoms with van der Waals surface area (Å²) in [5.41, 5.74) is 2.93. The summed E-state index contributed by atoms with van der Waals surface area (Å²) in [7, 11) is 1.63. The zero-order chi connectivity index (χ0) is 20.9. The van der Waals surface area contributed by atoms with E-state index in [-0.39, 0.29) is 24.6 Å². The van der Waals surface area contributed by atoms with Crippen LogP contribution >= 0.6 is 0 Å². The molecule has 3 N–H and O–H groups in total. The zero-order valence-electron chi connectivity index (χ0n) is 16.7. The van der Waals surface area contributed by atoms with E-state index in [1.165, 1.54) is 0 Å². The van der Waals surface area contributed by atoms with Crippen molar-refractivity contribution in [3.8, 4) is 11.5 Å². The van der Waals surface area contributed by atoms with E-state index in [0.29, 0.717) is 17.7 Å². The maximum Gasteiger partial charge on any atom is 0.252 e. The molecule has 6 heteroatoms. The van der Waals surface area contributed by atoms with Crippen molar-refractivity contribution < 1.29 is 19.4 Å². The Morgan fingerprint density at radius 3 is 2.57 bits per heavy atom. The monoisotopic (exact) mass is 404 g/mol. The number of carbonyl (C=O) groups is 1. The average molecular weight is 404 g/mol. The molecule has 154 valence electrons. The molecule has 4 rings (SSSR count). The minimum Gasteiger partial charge on any atom is -0.497 e. The fraction of sp³-hybridized carbons (Fsp3) is 0.208. The topological polar surface area (TPSA) is 79.8 Å². The Labute approximate surface area is 175 Å². The fourth-order valence-corrected chi connectivity index (χ4v) is 3.66. The van der Waals surface area contributed by atoms with Crippen LogP contribution in [0.15, 0.2) is 72.8 Å². The first-order valence-corrected chi connectivity index (χ1v) is 9.81. The van der Waals surface area contributed by atoms with Crippen molar-refractivity contribution in [1.29, 1.82) is 0 Å².